The number of unbranched alkanes of at least 4 members (excludes halogenated alkanes) is 21. The monoisotopic (exact) mass is 890 g/mol. The van der Waals surface area contributed by atoms with Crippen molar-refractivity contribution >= 4 is 23.8 Å². The molecule has 0 bridgehead atoms. The molecule has 4 aromatic rings. The highest BCUT2D eigenvalue weighted by molar-refractivity contribution is 5.94. The van der Waals surface area contributed by atoms with E-state index in [1.54, 1.807) is 72.9 Å². The molecule has 0 unspecified atom stereocenters. The number of nitrogens with zero attached hydrogens (tertiary/aromatic N) is 1. The van der Waals surface area contributed by atoms with E-state index in [0.29, 0.717) is 48.0 Å². The molecular weight excluding hydrogens is 811 g/mol. The number of carbonyl (C=O) groups is 2. The lowest BCUT2D eigenvalue weighted by Gasteiger charge is -2.12. The molecule has 0 aliphatic heterocycles. The number of carbonyl (C=O) groups excluding carboxylic acids is 2. The van der Waals surface area contributed by atoms with Gasteiger partial charge in [0.2, 0.25) is 0 Å². The van der Waals surface area contributed by atoms with Crippen LogP contribution in [0.2, 0.25) is 0 Å². The maximum atomic E-state index is 13.5. The van der Waals surface area contributed by atoms with Crippen molar-refractivity contribution < 1.29 is 33.3 Å². The molecule has 4 aromatic carbocycles. The van der Waals surface area contributed by atoms with Gasteiger partial charge in [-0.15, -0.1) is 0 Å². The van der Waals surface area contributed by atoms with E-state index in [-0.39, 0.29) is 11.5 Å². The van der Waals surface area contributed by atoms with Gasteiger partial charge in [-0.2, -0.15) is 0 Å². The highest BCUT2D eigenvalue weighted by Crippen LogP contribution is 2.31. The molecule has 0 aliphatic carbocycles. The molecule has 0 aliphatic rings. The van der Waals surface area contributed by atoms with Crippen LogP contribution < -0.4 is 23.7 Å². The summed E-state index contributed by atoms with van der Waals surface area (Å²) < 4.78 is 29.6. The molecule has 0 amide bonds. The van der Waals surface area contributed by atoms with Gasteiger partial charge < -0.3 is 23.7 Å². The van der Waals surface area contributed by atoms with Gasteiger partial charge in [0, 0.05) is 6.21 Å². The third-order valence-electron chi connectivity index (χ3n) is 11.6. The SMILES string of the molecule is CCCCCCCCCCOc1ccc(N=Cc2ccc(OC(=O)c3ccc(OCCCCCCCCCC)cc3)c(OC(=O)c3ccc(OCCCCCCCCCC)cc3)c2)cc1. The van der Waals surface area contributed by atoms with E-state index >= 15 is 0 Å². The fourth-order valence-electron chi connectivity index (χ4n) is 7.52. The lowest BCUT2D eigenvalue weighted by atomic mass is 10.1. The Balaban J connectivity index is 1.34. The molecule has 354 valence electrons. The van der Waals surface area contributed by atoms with Gasteiger partial charge in [0.15, 0.2) is 11.5 Å². The lowest BCUT2D eigenvalue weighted by Crippen LogP contribution is -2.13. The van der Waals surface area contributed by atoms with Gasteiger partial charge in [0.25, 0.3) is 0 Å². The van der Waals surface area contributed by atoms with Crippen molar-refractivity contribution in [1.29, 1.82) is 0 Å². The summed E-state index contributed by atoms with van der Waals surface area (Å²) in [5, 5.41) is 0. The highest BCUT2D eigenvalue weighted by Gasteiger charge is 2.18. The second-order valence-corrected chi connectivity index (χ2v) is 17.3. The predicted octanol–water partition coefficient (Wildman–Crippen LogP) is 16.4. The molecule has 0 fully saturated rings. The molecule has 0 spiro atoms. The van der Waals surface area contributed by atoms with Gasteiger partial charge in [-0.3, -0.25) is 4.99 Å². The third kappa shape index (κ3) is 22.6. The Bertz CT molecular complexity index is 1890. The summed E-state index contributed by atoms with van der Waals surface area (Å²) in [7, 11) is 0. The van der Waals surface area contributed by atoms with E-state index in [1.165, 1.54) is 122 Å². The molecule has 0 saturated heterocycles. The summed E-state index contributed by atoms with van der Waals surface area (Å²) in [5.41, 5.74) is 2.09. The van der Waals surface area contributed by atoms with Gasteiger partial charge in [-0.25, -0.2) is 9.59 Å². The highest BCUT2D eigenvalue weighted by atomic mass is 16.6. The summed E-state index contributed by atoms with van der Waals surface area (Å²) >= 11 is 0. The summed E-state index contributed by atoms with van der Waals surface area (Å²) in [5.74, 6) is 1.25. The normalized spacial score (nSPS) is 11.2. The Morgan fingerprint density at radius 1 is 0.400 bits per heavy atom. The zero-order valence-electron chi connectivity index (χ0n) is 40.1. The molecule has 0 saturated carbocycles. The van der Waals surface area contributed by atoms with Crippen LogP contribution >= 0.6 is 0 Å². The summed E-state index contributed by atoms with van der Waals surface area (Å²) in [6.07, 6.45) is 31.5. The second-order valence-electron chi connectivity index (χ2n) is 17.3. The molecule has 4 rings (SSSR count). The van der Waals surface area contributed by atoms with Crippen LogP contribution in [0.3, 0.4) is 0 Å². The van der Waals surface area contributed by atoms with Crippen LogP contribution in [0.25, 0.3) is 0 Å². The average Bonchev–Trinajstić information content (AvgIpc) is 3.33. The fraction of sp³-hybridized carbons (Fsp3) is 0.526. The van der Waals surface area contributed by atoms with Gasteiger partial charge in [0.1, 0.15) is 17.2 Å². The first kappa shape index (κ1) is 52.5. The lowest BCUT2D eigenvalue weighted by molar-refractivity contribution is 0.0682. The van der Waals surface area contributed by atoms with E-state index < -0.39 is 11.9 Å². The summed E-state index contributed by atoms with van der Waals surface area (Å²) in [6, 6.07) is 26.6. The molecule has 0 aromatic heterocycles. The first-order valence-corrected chi connectivity index (χ1v) is 25.3. The number of hydrogen-bond acceptors (Lipinski definition) is 8. The number of benzene rings is 4. The zero-order chi connectivity index (χ0) is 46.0. The predicted molar refractivity (Wildman–Crippen MR) is 267 cm³/mol. The minimum atomic E-state index is -0.591. The first-order valence-electron chi connectivity index (χ1n) is 25.3. The Morgan fingerprint density at radius 3 is 1.12 bits per heavy atom. The van der Waals surface area contributed by atoms with Crippen LogP contribution in [0.5, 0.6) is 28.7 Å². The van der Waals surface area contributed by atoms with Crippen LogP contribution in [-0.2, 0) is 0 Å². The molecule has 0 N–H and O–H groups in total. The Morgan fingerprint density at radius 2 is 0.738 bits per heavy atom. The first-order chi connectivity index (χ1) is 32.0. The van der Waals surface area contributed by atoms with E-state index in [9.17, 15) is 9.59 Å². The maximum Gasteiger partial charge on any atom is 0.343 e. The Labute approximate surface area is 391 Å². The van der Waals surface area contributed by atoms with Crippen molar-refractivity contribution in [1.82, 2.24) is 0 Å². The minimum absolute atomic E-state index is 0.0948. The molecule has 8 nitrogen and oxygen atoms in total. The Kier molecular flexibility index (Phi) is 27.0. The third-order valence-corrected chi connectivity index (χ3v) is 11.6. The van der Waals surface area contributed by atoms with Crippen molar-refractivity contribution in [2.24, 2.45) is 4.99 Å². The summed E-state index contributed by atoms with van der Waals surface area (Å²) in [6.45, 7) is 8.70. The van der Waals surface area contributed by atoms with Crippen molar-refractivity contribution in [3.63, 3.8) is 0 Å². The molecule has 65 heavy (non-hydrogen) atoms. The van der Waals surface area contributed by atoms with E-state index in [4.69, 9.17) is 23.7 Å². The number of aliphatic imine (C=N–C) groups is 1. The van der Waals surface area contributed by atoms with Crippen molar-refractivity contribution in [2.45, 2.75) is 175 Å². The number of rotatable bonds is 36. The van der Waals surface area contributed by atoms with Crippen molar-refractivity contribution in [2.75, 3.05) is 19.8 Å². The quantitative estimate of drug-likeness (QED) is 0.0194. The largest absolute Gasteiger partial charge is 0.494 e. The smallest absolute Gasteiger partial charge is 0.343 e. The number of hydrogen-bond donors (Lipinski definition) is 0. The molecular formula is C57H79NO7. The van der Waals surface area contributed by atoms with E-state index in [2.05, 4.69) is 25.8 Å². The molecule has 8 heteroatoms. The van der Waals surface area contributed by atoms with Crippen LogP contribution in [0, 0.1) is 0 Å². The number of esters is 2. The van der Waals surface area contributed by atoms with Gasteiger partial charge in [-0.1, -0.05) is 156 Å². The van der Waals surface area contributed by atoms with Gasteiger partial charge in [-0.05, 0) is 116 Å². The molecule has 0 heterocycles. The number of ether oxygens (including phenoxy) is 5. The van der Waals surface area contributed by atoms with Crippen LogP contribution in [0.1, 0.15) is 201 Å². The maximum absolute atomic E-state index is 13.5. The van der Waals surface area contributed by atoms with Crippen LogP contribution in [-0.4, -0.2) is 38.0 Å². The molecule has 0 atom stereocenters. The van der Waals surface area contributed by atoms with E-state index in [0.717, 1.165) is 43.5 Å². The summed E-state index contributed by atoms with van der Waals surface area (Å²) in [4.78, 5) is 31.6. The van der Waals surface area contributed by atoms with Crippen LogP contribution in [0.15, 0.2) is 96.0 Å². The zero-order valence-corrected chi connectivity index (χ0v) is 40.1. The van der Waals surface area contributed by atoms with Gasteiger partial charge in [0.05, 0.1) is 36.6 Å². The standard InChI is InChI=1S/C57H79NO7/c1-4-7-10-13-16-19-22-25-42-61-51-35-29-48(30-36-51)56(59)64-54-41-28-47(46-58-50-33-39-53(40-34-50)63-44-27-24-21-18-15-12-9-6-3)45-55(54)65-57(60)49-31-37-52(38-32-49)62-43-26-23-20-17-14-11-8-5-2/h28-41,45-46H,4-27,42-44H2,1-3H3. The topological polar surface area (TPSA) is 92.7 Å². The fourth-order valence-corrected chi connectivity index (χ4v) is 7.52. The second kappa shape index (κ2) is 33.4. The van der Waals surface area contributed by atoms with Crippen molar-refractivity contribution in [3.05, 3.63) is 108 Å². The Hall–Kier alpha value is -5.11. The van der Waals surface area contributed by atoms with E-state index in [1.807, 2.05) is 24.3 Å². The minimum Gasteiger partial charge on any atom is -0.494 e. The van der Waals surface area contributed by atoms with Crippen molar-refractivity contribution in [3.8, 4) is 28.7 Å². The molecule has 0 radical (unpaired) electrons. The van der Waals surface area contributed by atoms with Crippen LogP contribution in [0.4, 0.5) is 5.69 Å². The van der Waals surface area contributed by atoms with Gasteiger partial charge >= 0.3 is 11.9 Å². The average molecular weight is 890 g/mol.